The molecule has 0 aliphatic heterocycles. The number of phosphoric ester groups is 1. The molecule has 8 atom stereocenters. The molecule has 0 aromatic rings. The van der Waals surface area contributed by atoms with Gasteiger partial charge < -0.3 is 59.3 Å². The van der Waals surface area contributed by atoms with Crippen LogP contribution in [0.25, 0.3) is 0 Å². The molecule has 0 aromatic carbocycles. The number of aliphatic hydroxyl groups is 8. The van der Waals surface area contributed by atoms with E-state index in [1.54, 1.807) is 0 Å². The Morgan fingerprint density at radius 1 is 0.964 bits per heavy atom. The second-order valence-electron chi connectivity index (χ2n) is 7.34. The molecule has 1 rings (SSSR count). The van der Waals surface area contributed by atoms with Crippen LogP contribution < -0.4 is 4.89 Å². The van der Waals surface area contributed by atoms with E-state index in [1.807, 2.05) is 0 Å². The van der Waals surface area contributed by atoms with Crippen molar-refractivity contribution in [3.05, 3.63) is 0 Å². The standard InChI is InChI=1S/C9H19O11P.C5H14NO/c10-1-3(11)2-19-21(17,18)20-9-7(15)5(13)4(12)6(14)8(9)16;1-6(2,3)4-5-7/h3-16H,1-2H2,(H,17,18);7H,4-5H2,1-3H3/q;+1/p-1/t3-,4?,5-,6+,7-,8-,9?;/m1./s1. The van der Waals surface area contributed by atoms with E-state index >= 15 is 0 Å². The maximum atomic E-state index is 11.4. The van der Waals surface area contributed by atoms with E-state index in [-0.39, 0.29) is 6.61 Å². The number of phosphoric acid groups is 1. The van der Waals surface area contributed by atoms with Crippen LogP contribution >= 0.6 is 7.82 Å². The Kier molecular flexibility index (Phi) is 11.7. The molecule has 1 aliphatic carbocycles. The van der Waals surface area contributed by atoms with E-state index < -0.39 is 63.8 Å². The topological polar surface area (TPSA) is 220 Å². The van der Waals surface area contributed by atoms with Crippen LogP contribution in [0.3, 0.4) is 0 Å². The predicted molar refractivity (Wildman–Crippen MR) is 91.5 cm³/mol. The molecule has 170 valence electrons. The highest BCUT2D eigenvalue weighted by Gasteiger charge is 2.50. The first-order chi connectivity index (χ1) is 12.7. The van der Waals surface area contributed by atoms with E-state index in [0.717, 1.165) is 11.0 Å². The Hall–Kier alpha value is -0.250. The zero-order chi connectivity index (χ0) is 22.3. The van der Waals surface area contributed by atoms with E-state index in [1.165, 1.54) is 0 Å². The minimum Gasteiger partial charge on any atom is -0.756 e. The Labute approximate surface area is 162 Å². The fraction of sp³-hybridized carbons (Fsp3) is 1.00. The van der Waals surface area contributed by atoms with E-state index in [4.69, 9.17) is 15.3 Å². The Morgan fingerprint density at radius 2 is 1.39 bits per heavy atom. The van der Waals surface area contributed by atoms with E-state index in [9.17, 15) is 35.0 Å². The summed E-state index contributed by atoms with van der Waals surface area (Å²) in [5.41, 5.74) is 0. The van der Waals surface area contributed by atoms with Gasteiger partial charge in [-0.3, -0.25) is 4.57 Å². The van der Waals surface area contributed by atoms with Gasteiger partial charge in [0.1, 0.15) is 49.3 Å². The van der Waals surface area contributed by atoms with Crippen molar-refractivity contribution in [2.24, 2.45) is 0 Å². The smallest absolute Gasteiger partial charge is 0.268 e. The van der Waals surface area contributed by atoms with E-state index in [2.05, 4.69) is 30.2 Å². The zero-order valence-corrected chi connectivity index (χ0v) is 16.9. The Balaban J connectivity index is 0.000000887. The lowest BCUT2D eigenvalue weighted by atomic mass is 9.85. The van der Waals surface area contributed by atoms with Gasteiger partial charge in [0, 0.05) is 0 Å². The number of likely N-dealkylation sites (N-methyl/N-ethyl adjacent to an activating group) is 1. The van der Waals surface area contributed by atoms with Crippen LogP contribution in [-0.2, 0) is 13.6 Å². The van der Waals surface area contributed by atoms with Crippen molar-refractivity contribution in [3.8, 4) is 0 Å². The first kappa shape index (κ1) is 27.8. The van der Waals surface area contributed by atoms with Crippen LogP contribution in [0, 0.1) is 0 Å². The van der Waals surface area contributed by atoms with Crippen LogP contribution in [0.1, 0.15) is 0 Å². The lowest BCUT2D eigenvalue weighted by Crippen LogP contribution is -2.64. The van der Waals surface area contributed by atoms with Gasteiger partial charge >= 0.3 is 0 Å². The SMILES string of the molecule is C[N+](C)(C)CCO.O=P([O-])(OC[C@H](O)CO)OC1[C@H](O)[C@H](O)C(O)[C@H](O)[C@H]1O. The van der Waals surface area contributed by atoms with Crippen LogP contribution in [0.2, 0.25) is 0 Å². The second-order valence-corrected chi connectivity index (χ2v) is 8.70. The molecule has 0 amide bonds. The molecule has 13 nitrogen and oxygen atoms in total. The third-order valence-corrected chi connectivity index (χ3v) is 4.70. The average Bonchev–Trinajstić information content (AvgIpc) is 2.59. The number of hydrogen-bond acceptors (Lipinski definition) is 12. The minimum atomic E-state index is -5.12. The molecule has 0 bridgehead atoms. The molecule has 14 heteroatoms. The van der Waals surface area contributed by atoms with Crippen molar-refractivity contribution in [2.75, 3.05) is 47.5 Å². The van der Waals surface area contributed by atoms with Gasteiger partial charge in [-0.05, 0) is 0 Å². The number of nitrogens with zero attached hydrogens (tertiary/aromatic N) is 1. The monoisotopic (exact) mass is 437 g/mol. The molecule has 0 spiro atoms. The molecule has 0 heterocycles. The molecule has 8 N–H and O–H groups in total. The summed E-state index contributed by atoms with van der Waals surface area (Å²) < 4.78 is 20.8. The highest BCUT2D eigenvalue weighted by atomic mass is 31.2. The molecule has 1 aliphatic rings. The largest absolute Gasteiger partial charge is 0.756 e. The van der Waals surface area contributed by atoms with Crippen molar-refractivity contribution in [1.29, 1.82) is 0 Å². The summed E-state index contributed by atoms with van der Waals surface area (Å²) >= 11 is 0. The summed E-state index contributed by atoms with van der Waals surface area (Å²) in [6.45, 7) is -0.480. The van der Waals surface area contributed by atoms with Gasteiger partial charge in [0.25, 0.3) is 7.82 Å². The Morgan fingerprint density at radius 3 is 1.71 bits per heavy atom. The first-order valence-corrected chi connectivity index (χ1v) is 9.87. The highest BCUT2D eigenvalue weighted by molar-refractivity contribution is 7.45. The Bertz CT molecular complexity index is 473. The minimum absolute atomic E-state index is 0.281. The summed E-state index contributed by atoms with van der Waals surface area (Å²) in [7, 11) is 1.03. The molecule has 0 aromatic heterocycles. The van der Waals surface area contributed by atoms with Crippen molar-refractivity contribution >= 4 is 7.82 Å². The summed E-state index contributed by atoms with van der Waals surface area (Å²) in [5.74, 6) is 0. The predicted octanol–water partition coefficient (Wildman–Crippen LogP) is -5.29. The number of quaternary nitrogens is 1. The lowest BCUT2D eigenvalue weighted by Gasteiger charge is -2.43. The normalized spacial score (nSPS) is 34.1. The van der Waals surface area contributed by atoms with Crippen LogP contribution in [-0.4, -0.2) is 136 Å². The van der Waals surface area contributed by atoms with Gasteiger partial charge in [-0.15, -0.1) is 0 Å². The number of rotatable bonds is 8. The van der Waals surface area contributed by atoms with Crippen molar-refractivity contribution < 1.29 is 63.8 Å². The summed E-state index contributed by atoms with van der Waals surface area (Å²) in [4.78, 5) is 11.4. The summed E-state index contributed by atoms with van der Waals surface area (Å²) in [6.07, 6.45) is -13.3. The zero-order valence-electron chi connectivity index (χ0n) is 16.0. The quantitative estimate of drug-likeness (QED) is 0.132. The fourth-order valence-electron chi connectivity index (χ4n) is 2.03. The maximum Gasteiger partial charge on any atom is 0.268 e. The first-order valence-electron chi connectivity index (χ1n) is 8.41. The number of hydrogen-bond donors (Lipinski definition) is 8. The average molecular weight is 437 g/mol. The van der Waals surface area contributed by atoms with Gasteiger partial charge in [-0.2, -0.15) is 0 Å². The summed E-state index contributed by atoms with van der Waals surface area (Å²) in [5, 5.41) is 73.1. The molecular formula is C14H32NO12P. The van der Waals surface area contributed by atoms with Gasteiger partial charge in [0.2, 0.25) is 0 Å². The molecule has 3 unspecified atom stereocenters. The van der Waals surface area contributed by atoms with Gasteiger partial charge in [-0.25, -0.2) is 0 Å². The van der Waals surface area contributed by atoms with Crippen molar-refractivity contribution in [3.63, 3.8) is 0 Å². The van der Waals surface area contributed by atoms with Crippen LogP contribution in [0.5, 0.6) is 0 Å². The fourth-order valence-corrected chi connectivity index (χ4v) is 2.99. The van der Waals surface area contributed by atoms with Gasteiger partial charge in [0.15, 0.2) is 0 Å². The van der Waals surface area contributed by atoms with Gasteiger partial charge in [0.05, 0.1) is 41.0 Å². The summed E-state index contributed by atoms with van der Waals surface area (Å²) in [6, 6.07) is 0. The van der Waals surface area contributed by atoms with Crippen molar-refractivity contribution in [2.45, 2.75) is 42.7 Å². The molecule has 1 saturated carbocycles. The second kappa shape index (κ2) is 11.8. The third kappa shape index (κ3) is 9.50. The molecule has 0 radical (unpaired) electrons. The molecule has 1 fully saturated rings. The lowest BCUT2D eigenvalue weighted by molar-refractivity contribution is -0.870. The molecular weight excluding hydrogens is 405 g/mol. The highest BCUT2D eigenvalue weighted by Crippen LogP contribution is 2.43. The molecule has 0 saturated heterocycles. The van der Waals surface area contributed by atoms with Gasteiger partial charge in [-0.1, -0.05) is 0 Å². The van der Waals surface area contributed by atoms with E-state index in [0.29, 0.717) is 0 Å². The van der Waals surface area contributed by atoms with Crippen LogP contribution in [0.15, 0.2) is 0 Å². The van der Waals surface area contributed by atoms with Crippen molar-refractivity contribution in [1.82, 2.24) is 0 Å². The van der Waals surface area contributed by atoms with Crippen LogP contribution in [0.4, 0.5) is 0 Å². The third-order valence-electron chi connectivity index (χ3n) is 3.73. The maximum absolute atomic E-state index is 11.4. The molecule has 28 heavy (non-hydrogen) atoms. The number of aliphatic hydroxyl groups excluding tert-OH is 8.